The number of β-amino-alcohol motifs (C(OH)–C–C–N with tert-alkyl or cyclic N) is 1. The van der Waals surface area contributed by atoms with E-state index in [1.165, 1.54) is 4.88 Å². The number of likely N-dealkylation sites (tertiary alicyclic amines) is 1. The highest BCUT2D eigenvalue weighted by molar-refractivity contribution is 7.10. The molecule has 98 valence electrons. The Morgan fingerprint density at radius 2 is 2.44 bits per heavy atom. The lowest BCUT2D eigenvalue weighted by Crippen LogP contribution is -2.37. The number of hydrogen-bond acceptors (Lipinski definition) is 4. The summed E-state index contributed by atoms with van der Waals surface area (Å²) in [6.07, 6.45) is 4.49. The number of nitrogens with zero attached hydrogens (tertiary/aromatic N) is 1. The summed E-state index contributed by atoms with van der Waals surface area (Å²) in [6, 6.07) is 2.01. The summed E-state index contributed by atoms with van der Waals surface area (Å²) in [4.78, 5) is 13.9. The van der Waals surface area contributed by atoms with E-state index in [1.54, 1.807) is 17.4 Å². The summed E-state index contributed by atoms with van der Waals surface area (Å²) >= 11 is 1.63. The molecule has 1 saturated heterocycles. The maximum Gasteiger partial charge on any atom is 0.328 e. The van der Waals surface area contributed by atoms with Gasteiger partial charge in [-0.25, -0.2) is 4.79 Å². The summed E-state index contributed by atoms with van der Waals surface area (Å²) in [5.74, 6) is -0.929. The van der Waals surface area contributed by atoms with Gasteiger partial charge in [0.2, 0.25) is 0 Å². The Bertz CT molecular complexity index is 441. The lowest BCUT2D eigenvalue weighted by atomic mass is 10.1. The molecule has 2 rings (SSSR count). The quantitative estimate of drug-likeness (QED) is 0.817. The van der Waals surface area contributed by atoms with Gasteiger partial charge in [-0.1, -0.05) is 0 Å². The smallest absolute Gasteiger partial charge is 0.328 e. The highest BCUT2D eigenvalue weighted by Crippen LogP contribution is 2.20. The third-order valence-electron chi connectivity index (χ3n) is 2.95. The summed E-state index contributed by atoms with van der Waals surface area (Å²) in [6.45, 7) is 2.59. The van der Waals surface area contributed by atoms with Gasteiger partial charge in [0.15, 0.2) is 0 Å². The summed E-state index contributed by atoms with van der Waals surface area (Å²) in [5, 5.41) is 20.1. The van der Waals surface area contributed by atoms with E-state index in [9.17, 15) is 9.90 Å². The van der Waals surface area contributed by atoms with Crippen molar-refractivity contribution in [3.8, 4) is 0 Å². The molecule has 1 unspecified atom stereocenters. The van der Waals surface area contributed by atoms with E-state index < -0.39 is 5.97 Å². The van der Waals surface area contributed by atoms with Crippen LogP contribution in [0.15, 0.2) is 17.5 Å². The molecule has 0 spiro atoms. The number of carbonyl (C=O) groups is 1. The number of aliphatic hydroxyl groups is 1. The van der Waals surface area contributed by atoms with Crippen molar-refractivity contribution in [1.29, 1.82) is 0 Å². The molecule has 1 atom stereocenters. The number of piperidine rings is 1. The van der Waals surface area contributed by atoms with Crippen LogP contribution in [-0.2, 0) is 11.3 Å². The van der Waals surface area contributed by atoms with Crippen molar-refractivity contribution in [2.24, 2.45) is 0 Å². The minimum atomic E-state index is -0.929. The summed E-state index contributed by atoms with van der Waals surface area (Å²) < 4.78 is 0. The van der Waals surface area contributed by atoms with Crippen LogP contribution in [0.2, 0.25) is 0 Å². The number of carboxylic acids is 1. The highest BCUT2D eigenvalue weighted by atomic mass is 32.1. The molecule has 0 aromatic carbocycles. The Morgan fingerprint density at radius 3 is 3.17 bits per heavy atom. The van der Waals surface area contributed by atoms with Crippen LogP contribution in [0.1, 0.15) is 23.3 Å². The van der Waals surface area contributed by atoms with Crippen molar-refractivity contribution in [3.05, 3.63) is 28.0 Å². The molecule has 0 radical (unpaired) electrons. The van der Waals surface area contributed by atoms with Crippen molar-refractivity contribution in [2.45, 2.75) is 25.5 Å². The average molecular weight is 267 g/mol. The molecule has 4 nitrogen and oxygen atoms in total. The van der Waals surface area contributed by atoms with Crippen molar-refractivity contribution < 1.29 is 15.0 Å². The maximum atomic E-state index is 10.4. The molecule has 1 aromatic rings. The predicted octanol–water partition coefficient (Wildman–Crippen LogP) is 1.80. The lowest BCUT2D eigenvalue weighted by molar-refractivity contribution is -0.131. The second-order valence-corrected chi connectivity index (χ2v) is 5.54. The number of hydrogen-bond donors (Lipinski definition) is 2. The molecule has 1 aliphatic rings. The molecule has 1 aromatic heterocycles. The van der Waals surface area contributed by atoms with E-state index in [-0.39, 0.29) is 6.10 Å². The van der Waals surface area contributed by atoms with E-state index in [1.807, 2.05) is 11.4 Å². The van der Waals surface area contributed by atoms with Gasteiger partial charge in [0.05, 0.1) is 6.10 Å². The van der Waals surface area contributed by atoms with E-state index in [0.717, 1.165) is 44.1 Å². The average Bonchev–Trinajstić information content (AvgIpc) is 2.74. The van der Waals surface area contributed by atoms with Crippen molar-refractivity contribution in [3.63, 3.8) is 0 Å². The Morgan fingerprint density at radius 1 is 1.61 bits per heavy atom. The van der Waals surface area contributed by atoms with Crippen LogP contribution in [0, 0.1) is 0 Å². The molecule has 0 aliphatic carbocycles. The minimum absolute atomic E-state index is 0.204. The molecule has 18 heavy (non-hydrogen) atoms. The van der Waals surface area contributed by atoms with Gasteiger partial charge >= 0.3 is 5.97 Å². The SMILES string of the molecule is O=C(O)C=Cc1csc(CN2CCCC(O)C2)c1. The van der Waals surface area contributed by atoms with Gasteiger partial charge in [-0.2, -0.15) is 0 Å². The van der Waals surface area contributed by atoms with Gasteiger partial charge in [-0.15, -0.1) is 11.3 Å². The molecule has 2 heterocycles. The van der Waals surface area contributed by atoms with Crippen LogP contribution in [0.5, 0.6) is 0 Å². The van der Waals surface area contributed by atoms with Crippen LogP contribution in [-0.4, -0.2) is 40.3 Å². The van der Waals surface area contributed by atoms with Crippen LogP contribution < -0.4 is 0 Å². The first-order valence-electron chi connectivity index (χ1n) is 6.02. The number of aliphatic hydroxyl groups excluding tert-OH is 1. The maximum absolute atomic E-state index is 10.4. The third kappa shape index (κ3) is 3.94. The van der Waals surface area contributed by atoms with Gasteiger partial charge in [0.25, 0.3) is 0 Å². The number of carboxylic acid groups (broad SMARTS) is 1. The van der Waals surface area contributed by atoms with Crippen LogP contribution in [0.4, 0.5) is 0 Å². The van der Waals surface area contributed by atoms with Crippen molar-refractivity contribution in [2.75, 3.05) is 13.1 Å². The number of thiophene rings is 1. The van der Waals surface area contributed by atoms with E-state index >= 15 is 0 Å². The van der Waals surface area contributed by atoms with Gasteiger partial charge < -0.3 is 10.2 Å². The van der Waals surface area contributed by atoms with E-state index in [0.29, 0.717) is 0 Å². The monoisotopic (exact) mass is 267 g/mol. The molecule has 2 N–H and O–H groups in total. The highest BCUT2D eigenvalue weighted by Gasteiger charge is 2.17. The number of rotatable bonds is 4. The van der Waals surface area contributed by atoms with Gasteiger partial charge in [0.1, 0.15) is 0 Å². The van der Waals surface area contributed by atoms with Gasteiger partial charge in [-0.3, -0.25) is 4.90 Å². The standard InChI is InChI=1S/C13H17NO3S/c15-11-2-1-5-14(7-11)8-12-6-10(9-18-12)3-4-13(16)17/h3-4,6,9,11,15H,1-2,5,7-8H2,(H,16,17). The fraction of sp³-hybridized carbons (Fsp3) is 0.462. The molecule has 1 fully saturated rings. The molecule has 0 bridgehead atoms. The molecule has 0 amide bonds. The number of aliphatic carboxylic acids is 1. The second kappa shape index (κ2) is 6.13. The summed E-state index contributed by atoms with van der Waals surface area (Å²) in [5.41, 5.74) is 0.926. The normalized spacial score (nSPS) is 21.5. The second-order valence-electron chi connectivity index (χ2n) is 4.55. The first kappa shape index (κ1) is 13.3. The van der Waals surface area contributed by atoms with Gasteiger partial charge in [-0.05, 0) is 42.5 Å². The Balaban J connectivity index is 1.91. The Hall–Kier alpha value is -1.17. The summed E-state index contributed by atoms with van der Waals surface area (Å²) in [7, 11) is 0. The zero-order chi connectivity index (χ0) is 13.0. The van der Waals surface area contributed by atoms with Crippen molar-refractivity contribution >= 4 is 23.4 Å². The van der Waals surface area contributed by atoms with Crippen LogP contribution >= 0.6 is 11.3 Å². The minimum Gasteiger partial charge on any atom is -0.478 e. The van der Waals surface area contributed by atoms with E-state index in [4.69, 9.17) is 5.11 Å². The van der Waals surface area contributed by atoms with E-state index in [2.05, 4.69) is 4.90 Å². The fourth-order valence-electron chi connectivity index (χ4n) is 2.13. The topological polar surface area (TPSA) is 60.8 Å². The van der Waals surface area contributed by atoms with Crippen LogP contribution in [0.3, 0.4) is 0 Å². The first-order valence-corrected chi connectivity index (χ1v) is 6.90. The van der Waals surface area contributed by atoms with Gasteiger partial charge in [0, 0.05) is 24.0 Å². The molecular weight excluding hydrogens is 250 g/mol. The largest absolute Gasteiger partial charge is 0.478 e. The first-order chi connectivity index (χ1) is 8.63. The molecule has 1 aliphatic heterocycles. The molecule has 5 heteroatoms. The Kier molecular flexibility index (Phi) is 4.52. The third-order valence-corrected chi connectivity index (χ3v) is 3.89. The van der Waals surface area contributed by atoms with Crippen LogP contribution in [0.25, 0.3) is 6.08 Å². The molecule has 0 saturated carbocycles. The fourth-order valence-corrected chi connectivity index (χ4v) is 3.03. The zero-order valence-electron chi connectivity index (χ0n) is 10.1. The zero-order valence-corrected chi connectivity index (χ0v) is 10.9. The molecular formula is C13H17NO3S. The van der Waals surface area contributed by atoms with Crippen molar-refractivity contribution in [1.82, 2.24) is 4.90 Å². The predicted molar refractivity (Wildman–Crippen MR) is 71.5 cm³/mol. The lowest BCUT2D eigenvalue weighted by Gasteiger charge is -2.29. The Labute approximate surface area is 110 Å².